The summed E-state index contributed by atoms with van der Waals surface area (Å²) in [5.74, 6) is 0.927. The van der Waals surface area contributed by atoms with Crippen molar-refractivity contribution in [1.29, 1.82) is 0 Å². The molecule has 5 rings (SSSR count). The molecule has 0 saturated carbocycles. The summed E-state index contributed by atoms with van der Waals surface area (Å²) >= 11 is 0. The number of aryl methyl sites for hydroxylation is 1. The largest absolute Gasteiger partial charge is 0.496 e. The summed E-state index contributed by atoms with van der Waals surface area (Å²) in [5, 5.41) is 2.07. The number of carbonyl (C=O) groups excluding carboxylic acids is 1. The molecular weight excluding hydrogens is 513 g/mol. The number of amides is 1. The molecule has 3 heterocycles. The Balaban J connectivity index is 1.61. The van der Waals surface area contributed by atoms with E-state index in [0.29, 0.717) is 59.0 Å². The summed E-state index contributed by atoms with van der Waals surface area (Å²) in [7, 11) is 3.10. The molecule has 1 fully saturated rings. The Kier molecular flexibility index (Phi) is 7.12. The number of rotatable bonds is 4. The smallest absolute Gasteiger partial charge is 0.410 e. The minimum absolute atomic E-state index is 0.151. The van der Waals surface area contributed by atoms with E-state index in [9.17, 15) is 4.79 Å². The van der Waals surface area contributed by atoms with Gasteiger partial charge in [0.2, 0.25) is 5.88 Å². The molecule has 2 aromatic carbocycles. The van der Waals surface area contributed by atoms with Gasteiger partial charge in [-0.2, -0.15) is 0 Å². The predicted octanol–water partition coefficient (Wildman–Crippen LogP) is 5.76. The molecule has 0 aliphatic carbocycles. The first kappa shape index (κ1) is 27.4. The number of benzene rings is 2. The van der Waals surface area contributed by atoms with Crippen molar-refractivity contribution in [3.8, 4) is 22.8 Å². The predicted molar refractivity (Wildman–Crippen MR) is 153 cm³/mol. The molecule has 1 amide bonds. The van der Waals surface area contributed by atoms with Gasteiger partial charge in [0.1, 0.15) is 29.0 Å². The maximum atomic E-state index is 16.5. The second-order valence-corrected chi connectivity index (χ2v) is 11.0. The van der Waals surface area contributed by atoms with Gasteiger partial charge in [-0.1, -0.05) is 12.1 Å². The van der Waals surface area contributed by atoms with Gasteiger partial charge in [-0.05, 0) is 57.7 Å². The number of anilines is 1. The molecule has 0 spiro atoms. The molecule has 210 valence electrons. The molecule has 0 radical (unpaired) electrons. The van der Waals surface area contributed by atoms with Gasteiger partial charge in [0.15, 0.2) is 5.82 Å². The van der Waals surface area contributed by atoms with E-state index in [2.05, 4.69) is 15.0 Å². The van der Waals surface area contributed by atoms with Crippen molar-refractivity contribution < 1.29 is 23.4 Å². The van der Waals surface area contributed by atoms with Crippen molar-refractivity contribution in [1.82, 2.24) is 19.9 Å². The first-order chi connectivity index (χ1) is 19.0. The van der Waals surface area contributed by atoms with Gasteiger partial charge in [-0.25, -0.2) is 24.1 Å². The molecule has 0 unspecified atom stereocenters. The Morgan fingerprint density at radius 1 is 1.05 bits per heavy atom. The zero-order valence-corrected chi connectivity index (χ0v) is 23.9. The number of ether oxygens (including phenoxy) is 3. The highest BCUT2D eigenvalue weighted by Gasteiger charge is 2.33. The molecule has 0 N–H and O–H groups in total. The van der Waals surface area contributed by atoms with Crippen molar-refractivity contribution >= 4 is 33.6 Å². The Bertz CT molecular complexity index is 1600. The topological polar surface area (TPSA) is 89.9 Å². The van der Waals surface area contributed by atoms with Crippen LogP contribution in [-0.2, 0) is 4.74 Å². The minimum Gasteiger partial charge on any atom is -0.496 e. The number of piperazine rings is 1. The van der Waals surface area contributed by atoms with Crippen LogP contribution in [0.1, 0.15) is 33.3 Å². The second kappa shape index (κ2) is 10.4. The van der Waals surface area contributed by atoms with E-state index in [4.69, 9.17) is 14.2 Å². The van der Waals surface area contributed by atoms with Crippen molar-refractivity contribution in [3.63, 3.8) is 0 Å². The lowest BCUT2D eigenvalue weighted by Crippen LogP contribution is -2.55. The highest BCUT2D eigenvalue weighted by molar-refractivity contribution is 6.05. The maximum absolute atomic E-state index is 16.5. The number of carbonyl (C=O) groups is 1. The molecule has 0 bridgehead atoms. The number of hydrogen-bond acceptors (Lipinski definition) is 8. The molecular formula is C30H34FN5O4. The Labute approximate surface area is 232 Å². The standard InChI is InChI=1S/C30H34FN5O4/c1-17-8-9-19-10-11-32-28(39-7)23(19)22(17)20-14-21(38-6)24-26(25(20)31)33-16-34-27(24)35-12-13-36(18(2)15-35)29(37)40-30(3,4)5/h8-11,14,16,18H,12-13,15H2,1-7H3/t18-/m1/s1. The molecule has 4 aromatic rings. The highest BCUT2D eigenvalue weighted by atomic mass is 19.1. The van der Waals surface area contributed by atoms with Crippen LogP contribution in [-0.4, -0.2) is 71.4 Å². The molecule has 40 heavy (non-hydrogen) atoms. The van der Waals surface area contributed by atoms with Crippen LogP contribution in [0.4, 0.5) is 15.0 Å². The summed E-state index contributed by atoms with van der Waals surface area (Å²) in [6.45, 7) is 10.8. The van der Waals surface area contributed by atoms with Gasteiger partial charge >= 0.3 is 6.09 Å². The Morgan fingerprint density at radius 2 is 1.82 bits per heavy atom. The quantitative estimate of drug-likeness (QED) is 0.319. The summed E-state index contributed by atoms with van der Waals surface area (Å²) < 4.78 is 33.4. The fraction of sp³-hybridized carbons (Fsp3) is 0.400. The zero-order chi connectivity index (χ0) is 28.8. The fourth-order valence-electron chi connectivity index (χ4n) is 5.33. The van der Waals surface area contributed by atoms with E-state index < -0.39 is 11.4 Å². The van der Waals surface area contributed by atoms with E-state index in [-0.39, 0.29) is 17.7 Å². The molecule has 1 aliphatic rings. The number of methoxy groups -OCH3 is 2. The van der Waals surface area contributed by atoms with Gasteiger partial charge in [0.05, 0.1) is 25.0 Å². The van der Waals surface area contributed by atoms with Gasteiger partial charge in [0, 0.05) is 43.0 Å². The van der Waals surface area contributed by atoms with E-state index in [1.54, 1.807) is 31.4 Å². The molecule has 10 heteroatoms. The minimum atomic E-state index is -0.581. The molecule has 1 atom stereocenters. The van der Waals surface area contributed by atoms with E-state index >= 15 is 4.39 Å². The summed E-state index contributed by atoms with van der Waals surface area (Å²) in [6.07, 6.45) is 2.68. The van der Waals surface area contributed by atoms with Gasteiger partial charge in [-0.15, -0.1) is 0 Å². The normalized spacial score (nSPS) is 15.9. The molecule has 2 aromatic heterocycles. The molecule has 9 nitrogen and oxygen atoms in total. The average molecular weight is 548 g/mol. The van der Waals surface area contributed by atoms with E-state index in [0.717, 1.165) is 10.9 Å². The average Bonchev–Trinajstić information content (AvgIpc) is 2.92. The van der Waals surface area contributed by atoms with Crippen LogP contribution in [0.25, 0.3) is 32.8 Å². The number of fused-ring (bicyclic) bond motifs is 2. The van der Waals surface area contributed by atoms with Gasteiger partial charge in [-0.3, -0.25) is 0 Å². The van der Waals surface area contributed by atoms with Crippen LogP contribution < -0.4 is 14.4 Å². The van der Waals surface area contributed by atoms with Gasteiger partial charge < -0.3 is 24.0 Å². The Hall–Kier alpha value is -4.21. The highest BCUT2D eigenvalue weighted by Crippen LogP contribution is 2.43. The van der Waals surface area contributed by atoms with Crippen molar-refractivity contribution in [2.75, 3.05) is 38.8 Å². The van der Waals surface area contributed by atoms with Crippen LogP contribution in [0.5, 0.6) is 11.6 Å². The number of aromatic nitrogens is 3. The van der Waals surface area contributed by atoms with Crippen LogP contribution in [0.15, 0.2) is 36.8 Å². The van der Waals surface area contributed by atoms with Crippen LogP contribution in [0.3, 0.4) is 0 Å². The first-order valence-corrected chi connectivity index (χ1v) is 13.2. The van der Waals surface area contributed by atoms with Crippen LogP contribution >= 0.6 is 0 Å². The molecule has 1 saturated heterocycles. The number of nitrogens with zero attached hydrogens (tertiary/aromatic N) is 5. The number of halogens is 1. The third kappa shape index (κ3) is 4.82. The lowest BCUT2D eigenvalue weighted by Gasteiger charge is -2.41. The lowest BCUT2D eigenvalue weighted by molar-refractivity contribution is 0.0158. The van der Waals surface area contributed by atoms with Crippen LogP contribution in [0, 0.1) is 12.7 Å². The van der Waals surface area contributed by atoms with Crippen molar-refractivity contribution in [3.05, 3.63) is 48.2 Å². The summed E-state index contributed by atoms with van der Waals surface area (Å²) in [6, 6.07) is 7.33. The Morgan fingerprint density at radius 3 is 2.50 bits per heavy atom. The second-order valence-electron chi connectivity index (χ2n) is 11.0. The van der Waals surface area contributed by atoms with Crippen molar-refractivity contribution in [2.45, 2.75) is 46.3 Å². The zero-order valence-electron chi connectivity index (χ0n) is 23.9. The lowest BCUT2D eigenvalue weighted by atomic mass is 9.93. The van der Waals surface area contributed by atoms with Crippen molar-refractivity contribution in [2.24, 2.45) is 0 Å². The number of hydrogen-bond donors (Lipinski definition) is 0. The first-order valence-electron chi connectivity index (χ1n) is 13.2. The SMILES string of the molecule is COc1nccc2ccc(C)c(-c3cc(OC)c4c(N5CCN(C(=O)OC(C)(C)C)[C@H](C)C5)ncnc4c3F)c12. The third-order valence-corrected chi connectivity index (χ3v) is 7.14. The van der Waals surface area contributed by atoms with E-state index in [1.165, 1.54) is 6.33 Å². The molecule has 1 aliphatic heterocycles. The monoisotopic (exact) mass is 547 g/mol. The fourth-order valence-corrected chi connectivity index (χ4v) is 5.33. The van der Waals surface area contributed by atoms with Crippen LogP contribution in [0.2, 0.25) is 0 Å². The third-order valence-electron chi connectivity index (χ3n) is 7.14. The van der Waals surface area contributed by atoms with E-state index in [1.807, 2.05) is 57.7 Å². The number of pyridine rings is 1. The summed E-state index contributed by atoms with van der Waals surface area (Å²) in [4.78, 5) is 29.8. The van der Waals surface area contributed by atoms with Gasteiger partial charge in [0.25, 0.3) is 0 Å². The summed E-state index contributed by atoms with van der Waals surface area (Å²) in [5.41, 5.74) is 1.44. The maximum Gasteiger partial charge on any atom is 0.410 e.